The van der Waals surface area contributed by atoms with Gasteiger partial charge < -0.3 is 15.2 Å². The van der Waals surface area contributed by atoms with Crippen LogP contribution in [0.5, 0.6) is 0 Å². The van der Waals surface area contributed by atoms with E-state index >= 15 is 0 Å². The molecule has 0 spiro atoms. The Balaban J connectivity index is 1.80. The van der Waals surface area contributed by atoms with Gasteiger partial charge in [0.1, 0.15) is 0 Å². The summed E-state index contributed by atoms with van der Waals surface area (Å²) in [6, 6.07) is 0.239. The first-order chi connectivity index (χ1) is 7.79. The average molecular weight is 229 g/mol. The molecule has 5 nitrogen and oxygen atoms in total. The summed E-state index contributed by atoms with van der Waals surface area (Å²) in [5.41, 5.74) is 9.29. The molecule has 94 valence electrons. The molecule has 0 aromatic carbocycles. The van der Waals surface area contributed by atoms with Gasteiger partial charge in [-0.3, -0.25) is 0 Å². The van der Waals surface area contributed by atoms with Crippen molar-refractivity contribution in [1.29, 1.82) is 0 Å². The maximum Gasteiger partial charge on any atom is 0.0758 e. The highest BCUT2D eigenvalue weighted by atomic mass is 16.5. The van der Waals surface area contributed by atoms with Crippen LogP contribution in [-0.2, 0) is 9.47 Å². The Bertz CT molecular complexity index is 209. The van der Waals surface area contributed by atoms with Crippen molar-refractivity contribution < 1.29 is 9.47 Å². The number of hydrogen-bond donors (Lipinski definition) is 2. The lowest BCUT2D eigenvalue weighted by atomic mass is 10.1. The van der Waals surface area contributed by atoms with E-state index in [-0.39, 0.29) is 12.1 Å². The molecule has 5 heteroatoms. The fraction of sp³-hybridized carbons (Fsp3) is 1.00. The molecule has 3 atom stereocenters. The zero-order chi connectivity index (χ0) is 11.4. The lowest BCUT2D eigenvalue weighted by Gasteiger charge is -2.33. The van der Waals surface area contributed by atoms with Crippen molar-refractivity contribution in [1.82, 2.24) is 10.4 Å². The molecule has 0 amide bonds. The summed E-state index contributed by atoms with van der Waals surface area (Å²) in [5, 5.41) is 2.20. The zero-order valence-corrected chi connectivity index (χ0v) is 10.0. The summed E-state index contributed by atoms with van der Waals surface area (Å²) in [5.74, 6) is 0. The second-order valence-electron chi connectivity index (χ2n) is 4.63. The monoisotopic (exact) mass is 229 g/mol. The largest absolute Gasteiger partial charge is 0.379 e. The number of nitrogens with two attached hydrogens (primary N) is 1. The summed E-state index contributed by atoms with van der Waals surface area (Å²) < 4.78 is 11.2. The number of rotatable bonds is 4. The number of morpholine rings is 1. The molecule has 2 saturated heterocycles. The molecular weight excluding hydrogens is 206 g/mol. The zero-order valence-electron chi connectivity index (χ0n) is 10.0. The Morgan fingerprint density at radius 1 is 1.38 bits per heavy atom. The third kappa shape index (κ3) is 3.15. The van der Waals surface area contributed by atoms with Crippen LogP contribution in [0.25, 0.3) is 0 Å². The van der Waals surface area contributed by atoms with Gasteiger partial charge in [-0.15, -0.1) is 0 Å². The molecule has 0 aliphatic carbocycles. The second kappa shape index (κ2) is 5.93. The van der Waals surface area contributed by atoms with Crippen LogP contribution in [-0.4, -0.2) is 56.1 Å². The van der Waals surface area contributed by atoms with Crippen LogP contribution >= 0.6 is 0 Å². The second-order valence-corrected chi connectivity index (χ2v) is 4.63. The normalized spacial score (nSPS) is 34.1. The Morgan fingerprint density at radius 3 is 2.69 bits per heavy atom. The van der Waals surface area contributed by atoms with E-state index in [1.165, 1.54) is 0 Å². The number of hydrazine groups is 1. The first-order valence-corrected chi connectivity index (χ1v) is 6.24. The maximum absolute atomic E-state index is 5.86. The minimum absolute atomic E-state index is 0.239. The smallest absolute Gasteiger partial charge is 0.0758 e. The molecule has 2 aliphatic heterocycles. The van der Waals surface area contributed by atoms with Crippen molar-refractivity contribution in [2.24, 2.45) is 5.73 Å². The molecule has 0 saturated carbocycles. The van der Waals surface area contributed by atoms with Crippen LogP contribution < -0.4 is 11.2 Å². The van der Waals surface area contributed by atoms with Crippen molar-refractivity contribution in [2.75, 3.05) is 32.8 Å². The van der Waals surface area contributed by atoms with Crippen molar-refractivity contribution in [3.8, 4) is 0 Å². The van der Waals surface area contributed by atoms with Crippen molar-refractivity contribution in [3.05, 3.63) is 0 Å². The summed E-state index contributed by atoms with van der Waals surface area (Å²) in [7, 11) is 0. The van der Waals surface area contributed by atoms with E-state index in [1.54, 1.807) is 0 Å². The molecule has 3 unspecified atom stereocenters. The lowest BCUT2D eigenvalue weighted by Crippen LogP contribution is -2.56. The maximum atomic E-state index is 5.86. The Hall–Kier alpha value is -0.200. The van der Waals surface area contributed by atoms with E-state index < -0.39 is 0 Å². The third-order valence-electron chi connectivity index (χ3n) is 3.33. The molecule has 2 fully saturated rings. The molecule has 2 rings (SSSR count). The van der Waals surface area contributed by atoms with Crippen molar-refractivity contribution in [3.63, 3.8) is 0 Å². The quantitative estimate of drug-likeness (QED) is 0.694. The number of hydrogen-bond acceptors (Lipinski definition) is 5. The molecular formula is C11H23N3O2. The molecule has 0 radical (unpaired) electrons. The first kappa shape index (κ1) is 12.3. The van der Waals surface area contributed by atoms with Gasteiger partial charge in [0.05, 0.1) is 31.5 Å². The average Bonchev–Trinajstić information content (AvgIpc) is 2.74. The lowest BCUT2D eigenvalue weighted by molar-refractivity contribution is -0.0267. The summed E-state index contributed by atoms with van der Waals surface area (Å²) >= 11 is 0. The van der Waals surface area contributed by atoms with Crippen molar-refractivity contribution in [2.45, 2.75) is 38.0 Å². The summed E-state index contributed by atoms with van der Waals surface area (Å²) in [6.45, 7) is 6.20. The molecule has 2 aliphatic rings. The summed E-state index contributed by atoms with van der Waals surface area (Å²) in [6.07, 6.45) is 2.90. The van der Waals surface area contributed by atoms with E-state index in [4.69, 9.17) is 15.2 Å². The number of ether oxygens (including phenoxy) is 2. The van der Waals surface area contributed by atoms with Crippen LogP contribution in [0.3, 0.4) is 0 Å². The van der Waals surface area contributed by atoms with E-state index in [0.717, 1.165) is 39.1 Å². The first-order valence-electron chi connectivity index (χ1n) is 6.24. The molecule has 0 bridgehead atoms. The van der Waals surface area contributed by atoms with E-state index in [0.29, 0.717) is 12.6 Å². The SMILES string of the molecule is CC1CCC(C(CN)NN2CCOCC2)O1. The summed E-state index contributed by atoms with van der Waals surface area (Å²) in [4.78, 5) is 0. The van der Waals surface area contributed by atoms with Crippen LogP contribution in [0.2, 0.25) is 0 Å². The van der Waals surface area contributed by atoms with E-state index in [1.807, 2.05) is 0 Å². The predicted octanol–water partition coefficient (Wildman–Crippen LogP) is -0.282. The fourth-order valence-electron chi connectivity index (χ4n) is 2.34. The van der Waals surface area contributed by atoms with Gasteiger partial charge in [-0.2, -0.15) is 0 Å². The van der Waals surface area contributed by atoms with Gasteiger partial charge >= 0.3 is 0 Å². The fourth-order valence-corrected chi connectivity index (χ4v) is 2.34. The minimum atomic E-state index is 0.239. The van der Waals surface area contributed by atoms with Gasteiger partial charge in [0, 0.05) is 19.6 Å². The van der Waals surface area contributed by atoms with Crippen LogP contribution in [0.4, 0.5) is 0 Å². The Morgan fingerprint density at radius 2 is 2.12 bits per heavy atom. The van der Waals surface area contributed by atoms with Crippen LogP contribution in [0.1, 0.15) is 19.8 Å². The number of nitrogens with one attached hydrogen (secondary N) is 1. The van der Waals surface area contributed by atoms with Gasteiger partial charge in [0.2, 0.25) is 0 Å². The van der Waals surface area contributed by atoms with Crippen LogP contribution in [0.15, 0.2) is 0 Å². The third-order valence-corrected chi connectivity index (χ3v) is 3.33. The molecule has 0 aromatic heterocycles. The van der Waals surface area contributed by atoms with Gasteiger partial charge in [0.15, 0.2) is 0 Å². The predicted molar refractivity (Wildman–Crippen MR) is 61.9 cm³/mol. The van der Waals surface area contributed by atoms with Gasteiger partial charge in [-0.25, -0.2) is 10.4 Å². The van der Waals surface area contributed by atoms with Gasteiger partial charge in [-0.1, -0.05) is 0 Å². The molecule has 16 heavy (non-hydrogen) atoms. The molecule has 2 heterocycles. The molecule has 3 N–H and O–H groups in total. The molecule has 0 aromatic rings. The van der Waals surface area contributed by atoms with Gasteiger partial charge in [-0.05, 0) is 19.8 Å². The minimum Gasteiger partial charge on any atom is -0.379 e. The number of nitrogens with zero attached hydrogens (tertiary/aromatic N) is 1. The topological polar surface area (TPSA) is 59.8 Å². The standard InChI is InChI=1S/C11H23N3O2/c1-9-2-3-11(16-9)10(8-12)13-14-4-6-15-7-5-14/h9-11,13H,2-8,12H2,1H3. The van der Waals surface area contributed by atoms with Crippen molar-refractivity contribution >= 4 is 0 Å². The highest BCUT2D eigenvalue weighted by Gasteiger charge is 2.30. The van der Waals surface area contributed by atoms with E-state index in [2.05, 4.69) is 17.4 Å². The van der Waals surface area contributed by atoms with E-state index in [9.17, 15) is 0 Å². The van der Waals surface area contributed by atoms with Crippen LogP contribution in [0, 0.1) is 0 Å². The Labute approximate surface area is 97.2 Å². The highest BCUT2D eigenvalue weighted by Crippen LogP contribution is 2.21. The highest BCUT2D eigenvalue weighted by molar-refractivity contribution is 4.83. The van der Waals surface area contributed by atoms with Gasteiger partial charge in [0.25, 0.3) is 0 Å². The Kier molecular flexibility index (Phi) is 4.55.